The highest BCUT2D eigenvalue weighted by atomic mass is 16.2. The molecule has 3 N–H and O–H groups in total. The van der Waals surface area contributed by atoms with E-state index in [1.54, 1.807) is 12.4 Å². The molecular formula is C17H15N3O. The van der Waals surface area contributed by atoms with Gasteiger partial charge in [-0.1, -0.05) is 36.4 Å². The molecule has 1 heterocycles. The maximum atomic E-state index is 12.2. The number of hydrogen-bond donors (Lipinski definition) is 2. The zero-order chi connectivity index (χ0) is 14.7. The van der Waals surface area contributed by atoms with Crippen molar-refractivity contribution in [2.24, 2.45) is 5.73 Å². The van der Waals surface area contributed by atoms with Crippen molar-refractivity contribution in [3.63, 3.8) is 0 Å². The molecule has 0 saturated carbocycles. The summed E-state index contributed by atoms with van der Waals surface area (Å²) in [5.41, 5.74) is 7.48. The molecule has 104 valence electrons. The third-order valence-corrected chi connectivity index (χ3v) is 3.35. The van der Waals surface area contributed by atoms with Crippen LogP contribution in [0.5, 0.6) is 0 Å². The van der Waals surface area contributed by atoms with Crippen LogP contribution in [-0.4, -0.2) is 10.9 Å². The molecule has 0 unspecified atom stereocenters. The monoisotopic (exact) mass is 277 g/mol. The van der Waals surface area contributed by atoms with Crippen molar-refractivity contribution < 1.29 is 4.79 Å². The molecule has 0 aliphatic rings. The summed E-state index contributed by atoms with van der Waals surface area (Å²) in [6.45, 7) is 0. The molecule has 0 spiro atoms. The van der Waals surface area contributed by atoms with Gasteiger partial charge in [0.05, 0.1) is 0 Å². The van der Waals surface area contributed by atoms with Crippen LogP contribution in [0.3, 0.4) is 0 Å². The Morgan fingerprint density at radius 2 is 1.86 bits per heavy atom. The van der Waals surface area contributed by atoms with Crippen molar-refractivity contribution in [1.82, 2.24) is 4.98 Å². The number of anilines is 1. The first-order valence-electron chi connectivity index (χ1n) is 6.69. The summed E-state index contributed by atoms with van der Waals surface area (Å²) >= 11 is 0. The predicted octanol–water partition coefficient (Wildman–Crippen LogP) is 2.87. The van der Waals surface area contributed by atoms with Crippen LogP contribution >= 0.6 is 0 Å². The minimum atomic E-state index is -0.684. The lowest BCUT2D eigenvalue weighted by atomic mass is 10.1. The number of pyridine rings is 1. The number of fused-ring (bicyclic) bond motifs is 1. The molecule has 21 heavy (non-hydrogen) atoms. The third-order valence-electron chi connectivity index (χ3n) is 3.35. The van der Waals surface area contributed by atoms with Crippen molar-refractivity contribution in [2.75, 3.05) is 5.32 Å². The van der Waals surface area contributed by atoms with Crippen LogP contribution in [0.15, 0.2) is 67.0 Å². The highest BCUT2D eigenvalue weighted by Crippen LogP contribution is 2.19. The Kier molecular flexibility index (Phi) is 3.62. The fourth-order valence-corrected chi connectivity index (χ4v) is 2.19. The van der Waals surface area contributed by atoms with Gasteiger partial charge in [-0.15, -0.1) is 0 Å². The molecule has 4 nitrogen and oxygen atoms in total. The molecule has 3 rings (SSSR count). The van der Waals surface area contributed by atoms with Crippen LogP contribution in [0.25, 0.3) is 10.8 Å². The van der Waals surface area contributed by atoms with Gasteiger partial charge in [-0.05, 0) is 29.1 Å². The molecule has 2 aromatic carbocycles. The number of nitrogens with zero attached hydrogens (tertiary/aromatic N) is 1. The number of carbonyl (C=O) groups is 1. The van der Waals surface area contributed by atoms with Crippen molar-refractivity contribution >= 4 is 22.4 Å². The van der Waals surface area contributed by atoms with Crippen molar-refractivity contribution in [3.8, 4) is 0 Å². The highest BCUT2D eigenvalue weighted by Gasteiger charge is 2.15. The number of nitrogens with two attached hydrogens (primary N) is 1. The lowest BCUT2D eigenvalue weighted by molar-refractivity contribution is -0.117. The Morgan fingerprint density at radius 3 is 2.67 bits per heavy atom. The number of rotatable bonds is 3. The average Bonchev–Trinajstić information content (AvgIpc) is 2.55. The first kappa shape index (κ1) is 13.3. The fourth-order valence-electron chi connectivity index (χ4n) is 2.19. The Labute approximate surface area is 122 Å². The van der Waals surface area contributed by atoms with E-state index in [-0.39, 0.29) is 5.91 Å². The average molecular weight is 277 g/mol. The van der Waals surface area contributed by atoms with E-state index in [1.807, 2.05) is 54.6 Å². The molecule has 0 aliphatic carbocycles. The van der Waals surface area contributed by atoms with Gasteiger partial charge < -0.3 is 11.1 Å². The predicted molar refractivity (Wildman–Crippen MR) is 83.7 cm³/mol. The van der Waals surface area contributed by atoms with E-state index in [0.29, 0.717) is 5.69 Å². The maximum absolute atomic E-state index is 12.2. The summed E-state index contributed by atoms with van der Waals surface area (Å²) in [6.07, 6.45) is 3.51. The van der Waals surface area contributed by atoms with Gasteiger partial charge in [0, 0.05) is 23.5 Å². The van der Waals surface area contributed by atoms with Crippen molar-refractivity contribution in [3.05, 3.63) is 72.6 Å². The zero-order valence-electron chi connectivity index (χ0n) is 11.4. The van der Waals surface area contributed by atoms with Gasteiger partial charge in [-0.2, -0.15) is 0 Å². The number of aromatic nitrogens is 1. The molecule has 1 atom stereocenters. The van der Waals surface area contributed by atoms with E-state index < -0.39 is 6.04 Å². The normalized spacial score (nSPS) is 12.0. The molecule has 0 saturated heterocycles. The molecule has 3 aromatic rings. The number of benzene rings is 2. The largest absolute Gasteiger partial charge is 0.324 e. The van der Waals surface area contributed by atoms with Gasteiger partial charge in [0.25, 0.3) is 0 Å². The summed E-state index contributed by atoms with van der Waals surface area (Å²) in [5.74, 6) is -0.232. The van der Waals surface area contributed by atoms with Gasteiger partial charge in [-0.25, -0.2) is 0 Å². The first-order valence-corrected chi connectivity index (χ1v) is 6.69. The molecule has 1 amide bonds. The SMILES string of the molecule is N[C@@H](C(=O)Nc1ccc2ccncc2c1)c1ccccc1. The number of amides is 1. The number of hydrogen-bond acceptors (Lipinski definition) is 3. The Balaban J connectivity index is 1.80. The maximum Gasteiger partial charge on any atom is 0.245 e. The number of carbonyl (C=O) groups excluding carboxylic acids is 1. The van der Waals surface area contributed by atoms with Crippen LogP contribution in [0, 0.1) is 0 Å². The standard InChI is InChI=1S/C17H15N3O/c18-16(13-4-2-1-3-5-13)17(21)20-15-7-6-12-8-9-19-11-14(12)10-15/h1-11,16H,18H2,(H,20,21)/t16-/m1/s1. The molecule has 4 heteroatoms. The summed E-state index contributed by atoms with van der Waals surface area (Å²) < 4.78 is 0. The van der Waals surface area contributed by atoms with Gasteiger partial charge in [0.1, 0.15) is 6.04 Å². The summed E-state index contributed by atoms with van der Waals surface area (Å²) in [5, 5.41) is 4.90. The Bertz CT molecular complexity index is 771. The Morgan fingerprint density at radius 1 is 1.05 bits per heavy atom. The van der Waals surface area contributed by atoms with Crippen LogP contribution < -0.4 is 11.1 Å². The van der Waals surface area contributed by atoms with E-state index >= 15 is 0 Å². The molecule has 1 aromatic heterocycles. The number of nitrogens with one attached hydrogen (secondary N) is 1. The van der Waals surface area contributed by atoms with Crippen LogP contribution in [0.1, 0.15) is 11.6 Å². The molecule has 0 bridgehead atoms. The van der Waals surface area contributed by atoms with E-state index in [4.69, 9.17) is 5.73 Å². The third kappa shape index (κ3) is 2.90. The highest BCUT2D eigenvalue weighted by molar-refractivity contribution is 5.97. The summed E-state index contributed by atoms with van der Waals surface area (Å²) in [4.78, 5) is 16.3. The van der Waals surface area contributed by atoms with E-state index in [1.165, 1.54) is 0 Å². The smallest absolute Gasteiger partial charge is 0.245 e. The molecule has 0 fully saturated rings. The second-order valence-corrected chi connectivity index (χ2v) is 4.82. The van der Waals surface area contributed by atoms with Crippen LogP contribution in [0.4, 0.5) is 5.69 Å². The van der Waals surface area contributed by atoms with Gasteiger partial charge in [-0.3, -0.25) is 9.78 Å². The van der Waals surface area contributed by atoms with Gasteiger partial charge >= 0.3 is 0 Å². The summed E-state index contributed by atoms with van der Waals surface area (Å²) in [7, 11) is 0. The second-order valence-electron chi connectivity index (χ2n) is 4.82. The first-order chi connectivity index (χ1) is 10.2. The van der Waals surface area contributed by atoms with Gasteiger partial charge in [0.2, 0.25) is 5.91 Å². The van der Waals surface area contributed by atoms with Gasteiger partial charge in [0.15, 0.2) is 0 Å². The van der Waals surface area contributed by atoms with E-state index in [2.05, 4.69) is 10.3 Å². The van der Waals surface area contributed by atoms with Crippen molar-refractivity contribution in [1.29, 1.82) is 0 Å². The fraction of sp³-hybridized carbons (Fsp3) is 0.0588. The topological polar surface area (TPSA) is 68.0 Å². The minimum Gasteiger partial charge on any atom is -0.324 e. The quantitative estimate of drug-likeness (QED) is 0.773. The zero-order valence-corrected chi connectivity index (χ0v) is 11.4. The second kappa shape index (κ2) is 5.73. The summed E-state index contributed by atoms with van der Waals surface area (Å²) in [6, 6.07) is 16.2. The van der Waals surface area contributed by atoms with Crippen molar-refractivity contribution in [2.45, 2.75) is 6.04 Å². The lowest BCUT2D eigenvalue weighted by Crippen LogP contribution is -2.27. The molecule has 0 radical (unpaired) electrons. The van der Waals surface area contributed by atoms with Crippen LogP contribution in [0.2, 0.25) is 0 Å². The molecule has 0 aliphatic heterocycles. The Hall–Kier alpha value is -2.72. The lowest BCUT2D eigenvalue weighted by Gasteiger charge is -2.13. The molecular weight excluding hydrogens is 262 g/mol. The van der Waals surface area contributed by atoms with E-state index in [9.17, 15) is 4.79 Å². The van der Waals surface area contributed by atoms with Crippen LogP contribution in [-0.2, 0) is 4.79 Å². The van der Waals surface area contributed by atoms with E-state index in [0.717, 1.165) is 16.3 Å². The minimum absolute atomic E-state index is 0.232.